The van der Waals surface area contributed by atoms with Gasteiger partial charge in [0.15, 0.2) is 10.4 Å². The lowest BCUT2D eigenvalue weighted by molar-refractivity contribution is -0.132. The molecule has 2 N–H and O–H groups in total. The lowest BCUT2D eigenvalue weighted by Gasteiger charge is -2.34. The van der Waals surface area contributed by atoms with Gasteiger partial charge in [-0.1, -0.05) is 6.92 Å². The minimum absolute atomic E-state index is 0.0102. The molecule has 1 atom stereocenters. The highest BCUT2D eigenvalue weighted by atomic mass is 79.9. The van der Waals surface area contributed by atoms with Gasteiger partial charge < -0.3 is 20.0 Å². The van der Waals surface area contributed by atoms with Crippen molar-refractivity contribution >= 4 is 33.7 Å². The van der Waals surface area contributed by atoms with Crippen molar-refractivity contribution in [2.45, 2.75) is 26.3 Å². The molecular formula is C17H25BrN4O4. The standard InChI is InChI=1S/C17H25BrN4O4/c1-3-12(2)20-15(23)11-21-6-8-22(9-7-21)16(24)10-19-17(25)13-4-5-14(18)26-13/h4-5,12H,3,6-11H2,1-2H3,(H,19,25)(H,20,23). The second kappa shape index (κ2) is 9.72. The van der Waals surface area contributed by atoms with E-state index in [9.17, 15) is 14.4 Å². The molecule has 1 aliphatic rings. The Morgan fingerprint density at radius 3 is 2.50 bits per heavy atom. The van der Waals surface area contributed by atoms with Gasteiger partial charge in [0.25, 0.3) is 5.91 Å². The van der Waals surface area contributed by atoms with Crippen molar-refractivity contribution in [1.82, 2.24) is 20.4 Å². The number of halogens is 1. The third-order valence-electron chi connectivity index (χ3n) is 4.31. The molecule has 1 aliphatic heterocycles. The minimum Gasteiger partial charge on any atom is -0.444 e. The molecule has 9 heteroatoms. The molecule has 1 aromatic heterocycles. The van der Waals surface area contributed by atoms with E-state index in [4.69, 9.17) is 4.42 Å². The zero-order valence-corrected chi connectivity index (χ0v) is 16.7. The number of hydrogen-bond donors (Lipinski definition) is 2. The van der Waals surface area contributed by atoms with E-state index >= 15 is 0 Å². The van der Waals surface area contributed by atoms with Crippen LogP contribution in [0, 0.1) is 0 Å². The Kier molecular flexibility index (Phi) is 7.65. The molecule has 3 amide bonds. The van der Waals surface area contributed by atoms with Gasteiger partial charge in [0.2, 0.25) is 11.8 Å². The van der Waals surface area contributed by atoms with Crippen LogP contribution in [0.5, 0.6) is 0 Å². The van der Waals surface area contributed by atoms with E-state index in [-0.39, 0.29) is 30.2 Å². The van der Waals surface area contributed by atoms with Gasteiger partial charge >= 0.3 is 0 Å². The number of hydrogen-bond acceptors (Lipinski definition) is 5. The Labute approximate surface area is 161 Å². The third-order valence-corrected chi connectivity index (χ3v) is 4.74. The largest absolute Gasteiger partial charge is 0.444 e. The van der Waals surface area contributed by atoms with Crippen LogP contribution in [0.2, 0.25) is 0 Å². The molecule has 0 saturated carbocycles. The third kappa shape index (κ3) is 6.14. The predicted octanol–water partition coefficient (Wildman–Crippen LogP) is 0.831. The van der Waals surface area contributed by atoms with Crippen LogP contribution in [0.25, 0.3) is 0 Å². The molecule has 1 saturated heterocycles. The number of furan rings is 1. The van der Waals surface area contributed by atoms with E-state index in [1.807, 2.05) is 18.7 Å². The van der Waals surface area contributed by atoms with Crippen LogP contribution in [0.1, 0.15) is 30.8 Å². The molecule has 8 nitrogen and oxygen atoms in total. The van der Waals surface area contributed by atoms with E-state index < -0.39 is 5.91 Å². The Hall–Kier alpha value is -1.87. The van der Waals surface area contributed by atoms with Gasteiger partial charge in [-0.15, -0.1) is 0 Å². The van der Waals surface area contributed by atoms with Crippen LogP contribution >= 0.6 is 15.9 Å². The van der Waals surface area contributed by atoms with Crippen molar-refractivity contribution in [1.29, 1.82) is 0 Å². The summed E-state index contributed by atoms with van der Waals surface area (Å²) >= 11 is 3.13. The van der Waals surface area contributed by atoms with Crippen molar-refractivity contribution in [2.75, 3.05) is 39.3 Å². The van der Waals surface area contributed by atoms with E-state index in [0.29, 0.717) is 37.4 Å². The maximum atomic E-state index is 12.2. The van der Waals surface area contributed by atoms with E-state index in [1.165, 1.54) is 6.07 Å². The maximum Gasteiger partial charge on any atom is 0.287 e. The summed E-state index contributed by atoms with van der Waals surface area (Å²) in [7, 11) is 0. The van der Waals surface area contributed by atoms with Crippen LogP contribution in [-0.4, -0.2) is 72.8 Å². The van der Waals surface area contributed by atoms with Gasteiger partial charge in [-0.25, -0.2) is 0 Å². The van der Waals surface area contributed by atoms with Crippen molar-refractivity contribution in [3.63, 3.8) is 0 Å². The van der Waals surface area contributed by atoms with E-state index in [1.54, 1.807) is 11.0 Å². The normalized spacial score (nSPS) is 16.2. The summed E-state index contributed by atoms with van der Waals surface area (Å²) in [5, 5.41) is 5.50. The Morgan fingerprint density at radius 1 is 1.23 bits per heavy atom. The van der Waals surface area contributed by atoms with Crippen LogP contribution in [0.3, 0.4) is 0 Å². The molecule has 2 rings (SSSR count). The highest BCUT2D eigenvalue weighted by Crippen LogP contribution is 2.13. The number of nitrogens with one attached hydrogen (secondary N) is 2. The van der Waals surface area contributed by atoms with Crippen LogP contribution in [0.15, 0.2) is 21.2 Å². The second-order valence-corrected chi connectivity index (χ2v) is 7.10. The van der Waals surface area contributed by atoms with Crippen LogP contribution in [0.4, 0.5) is 0 Å². The molecule has 0 spiro atoms. The quantitative estimate of drug-likeness (QED) is 0.670. The van der Waals surface area contributed by atoms with Crippen molar-refractivity contribution in [3.8, 4) is 0 Å². The number of carbonyl (C=O) groups excluding carboxylic acids is 3. The first kappa shape index (κ1) is 20.4. The summed E-state index contributed by atoms with van der Waals surface area (Å²) in [4.78, 5) is 39.7. The van der Waals surface area contributed by atoms with Gasteiger partial charge in [-0.2, -0.15) is 0 Å². The van der Waals surface area contributed by atoms with E-state index in [0.717, 1.165) is 6.42 Å². The van der Waals surface area contributed by atoms with Crippen LogP contribution < -0.4 is 10.6 Å². The average Bonchev–Trinajstić information content (AvgIpc) is 3.06. The van der Waals surface area contributed by atoms with Crippen LogP contribution in [-0.2, 0) is 9.59 Å². The molecule has 1 fully saturated rings. The molecule has 0 radical (unpaired) electrons. The summed E-state index contributed by atoms with van der Waals surface area (Å²) < 4.78 is 5.61. The van der Waals surface area contributed by atoms with Gasteiger partial charge in [0, 0.05) is 32.2 Å². The first-order chi connectivity index (χ1) is 12.4. The monoisotopic (exact) mass is 428 g/mol. The Bertz CT molecular complexity index is 640. The molecule has 0 bridgehead atoms. The zero-order chi connectivity index (χ0) is 19.1. The lowest BCUT2D eigenvalue weighted by Crippen LogP contribution is -2.53. The molecule has 1 unspecified atom stereocenters. The number of carbonyl (C=O) groups is 3. The smallest absolute Gasteiger partial charge is 0.287 e. The zero-order valence-electron chi connectivity index (χ0n) is 15.1. The van der Waals surface area contributed by atoms with Gasteiger partial charge in [0.1, 0.15) is 0 Å². The van der Waals surface area contributed by atoms with Crippen molar-refractivity contribution < 1.29 is 18.8 Å². The predicted molar refractivity (Wildman–Crippen MR) is 99.7 cm³/mol. The molecule has 2 heterocycles. The average molecular weight is 429 g/mol. The fourth-order valence-corrected chi connectivity index (χ4v) is 2.88. The maximum absolute atomic E-state index is 12.2. The van der Waals surface area contributed by atoms with Gasteiger partial charge in [-0.3, -0.25) is 19.3 Å². The molecule has 0 aliphatic carbocycles. The number of rotatable bonds is 7. The van der Waals surface area contributed by atoms with Crippen molar-refractivity contribution in [2.24, 2.45) is 0 Å². The van der Waals surface area contributed by atoms with Gasteiger partial charge in [0.05, 0.1) is 13.1 Å². The molecular weight excluding hydrogens is 404 g/mol. The molecule has 0 aromatic carbocycles. The van der Waals surface area contributed by atoms with E-state index in [2.05, 4.69) is 26.6 Å². The topological polar surface area (TPSA) is 94.9 Å². The fraction of sp³-hybridized carbons (Fsp3) is 0.588. The highest BCUT2D eigenvalue weighted by molar-refractivity contribution is 9.10. The summed E-state index contributed by atoms with van der Waals surface area (Å²) in [6.45, 7) is 6.62. The Morgan fingerprint density at radius 2 is 1.92 bits per heavy atom. The molecule has 1 aromatic rings. The Balaban J connectivity index is 1.69. The second-order valence-electron chi connectivity index (χ2n) is 6.32. The van der Waals surface area contributed by atoms with Gasteiger partial charge in [-0.05, 0) is 41.4 Å². The number of amides is 3. The molecule has 26 heavy (non-hydrogen) atoms. The minimum atomic E-state index is -0.426. The fourth-order valence-electron chi connectivity index (χ4n) is 2.57. The highest BCUT2D eigenvalue weighted by Gasteiger charge is 2.23. The summed E-state index contributed by atoms with van der Waals surface area (Å²) in [6, 6.07) is 3.32. The first-order valence-electron chi connectivity index (χ1n) is 8.72. The summed E-state index contributed by atoms with van der Waals surface area (Å²) in [5.41, 5.74) is 0. The number of piperazine rings is 1. The lowest BCUT2D eigenvalue weighted by atomic mass is 10.2. The SMILES string of the molecule is CCC(C)NC(=O)CN1CCN(C(=O)CNC(=O)c2ccc(Br)o2)CC1. The summed E-state index contributed by atoms with van der Waals surface area (Å²) in [5.74, 6) is -0.408. The number of nitrogens with zero attached hydrogens (tertiary/aromatic N) is 2. The van der Waals surface area contributed by atoms with Crippen molar-refractivity contribution in [3.05, 3.63) is 22.6 Å². The molecule has 144 valence electrons. The summed E-state index contributed by atoms with van der Waals surface area (Å²) in [6.07, 6.45) is 0.898. The first-order valence-corrected chi connectivity index (χ1v) is 9.51.